The summed E-state index contributed by atoms with van der Waals surface area (Å²) in [5.74, 6) is 0. The Morgan fingerprint density at radius 1 is 1.31 bits per heavy atom. The van der Waals surface area contributed by atoms with Crippen molar-refractivity contribution in [3.05, 3.63) is 28.2 Å². The second-order valence-electron chi connectivity index (χ2n) is 4.36. The molecular weight excluding hydrogens is 216 g/mol. The quantitative estimate of drug-likeness (QED) is 0.810. The van der Waals surface area contributed by atoms with Gasteiger partial charge in [0.2, 0.25) is 0 Å². The first-order valence-corrected chi connectivity index (χ1v) is 7.04. The Balaban J connectivity index is 2.12. The molecule has 0 radical (unpaired) electrons. The number of likely N-dealkylation sites (N-methyl/N-ethyl adjacent to an activating group) is 1. The standard InChI is InChI=1S/C13H20N2S/c1-14-13(12-9-15-10-16-12)11-7-5-3-2-4-6-8-11/h7,9-10,13-14H,2-6,8H2,1H3. The highest BCUT2D eigenvalue weighted by Crippen LogP contribution is 2.30. The molecule has 1 unspecified atom stereocenters. The molecule has 2 nitrogen and oxygen atoms in total. The first-order chi connectivity index (χ1) is 7.92. The average Bonchev–Trinajstić information content (AvgIpc) is 2.75. The van der Waals surface area contributed by atoms with Gasteiger partial charge in [0.25, 0.3) is 0 Å². The predicted octanol–water partition coefficient (Wildman–Crippen LogP) is 3.68. The lowest BCUT2D eigenvalue weighted by atomic mass is 9.94. The summed E-state index contributed by atoms with van der Waals surface area (Å²) < 4.78 is 0. The van der Waals surface area contributed by atoms with E-state index in [1.807, 2.05) is 18.8 Å². The van der Waals surface area contributed by atoms with E-state index in [-0.39, 0.29) is 0 Å². The van der Waals surface area contributed by atoms with E-state index in [1.165, 1.54) is 43.4 Å². The van der Waals surface area contributed by atoms with Crippen molar-refractivity contribution in [1.29, 1.82) is 0 Å². The molecule has 3 heteroatoms. The third kappa shape index (κ3) is 2.92. The normalized spacial score (nSPS) is 19.7. The van der Waals surface area contributed by atoms with Gasteiger partial charge in [-0.2, -0.15) is 0 Å². The van der Waals surface area contributed by atoms with Gasteiger partial charge in [-0.3, -0.25) is 4.98 Å². The third-order valence-corrected chi connectivity index (χ3v) is 4.06. The van der Waals surface area contributed by atoms with Crippen molar-refractivity contribution in [3.8, 4) is 0 Å². The molecule has 1 aliphatic rings. The molecule has 0 aliphatic heterocycles. The highest BCUT2D eigenvalue weighted by atomic mass is 32.1. The summed E-state index contributed by atoms with van der Waals surface area (Å²) in [6.07, 6.45) is 12.4. The lowest BCUT2D eigenvalue weighted by Gasteiger charge is -2.20. The summed E-state index contributed by atoms with van der Waals surface area (Å²) in [5, 5.41) is 3.42. The van der Waals surface area contributed by atoms with Crippen molar-refractivity contribution in [1.82, 2.24) is 10.3 Å². The molecule has 0 amide bonds. The zero-order valence-electron chi connectivity index (χ0n) is 9.91. The molecule has 0 bridgehead atoms. The molecule has 1 aromatic heterocycles. The fourth-order valence-electron chi connectivity index (χ4n) is 2.36. The zero-order chi connectivity index (χ0) is 11.2. The minimum Gasteiger partial charge on any atom is -0.309 e. The van der Waals surface area contributed by atoms with E-state index in [0.29, 0.717) is 6.04 Å². The summed E-state index contributed by atoms with van der Waals surface area (Å²) in [5.41, 5.74) is 3.48. The Kier molecular flexibility index (Phi) is 4.55. The van der Waals surface area contributed by atoms with E-state index < -0.39 is 0 Å². The maximum Gasteiger partial charge on any atom is 0.0794 e. The van der Waals surface area contributed by atoms with Crippen molar-refractivity contribution >= 4 is 11.3 Å². The van der Waals surface area contributed by atoms with E-state index in [1.54, 1.807) is 16.9 Å². The van der Waals surface area contributed by atoms with E-state index >= 15 is 0 Å². The third-order valence-electron chi connectivity index (χ3n) is 3.22. The summed E-state index contributed by atoms with van der Waals surface area (Å²) in [4.78, 5) is 5.52. The van der Waals surface area contributed by atoms with Gasteiger partial charge in [0.05, 0.1) is 11.6 Å². The summed E-state index contributed by atoms with van der Waals surface area (Å²) in [7, 11) is 2.05. The Morgan fingerprint density at radius 2 is 2.19 bits per heavy atom. The minimum absolute atomic E-state index is 0.394. The van der Waals surface area contributed by atoms with Crippen LogP contribution in [0.25, 0.3) is 0 Å². The fourth-order valence-corrected chi connectivity index (χ4v) is 3.13. The zero-order valence-corrected chi connectivity index (χ0v) is 10.7. The van der Waals surface area contributed by atoms with E-state index in [9.17, 15) is 0 Å². The molecule has 88 valence electrons. The molecule has 0 saturated heterocycles. The molecule has 0 saturated carbocycles. The minimum atomic E-state index is 0.394. The van der Waals surface area contributed by atoms with Crippen molar-refractivity contribution in [3.63, 3.8) is 0 Å². The largest absolute Gasteiger partial charge is 0.309 e. The lowest BCUT2D eigenvalue weighted by molar-refractivity contribution is 0.577. The van der Waals surface area contributed by atoms with Gasteiger partial charge in [-0.05, 0) is 32.7 Å². The van der Waals surface area contributed by atoms with Gasteiger partial charge in [0, 0.05) is 11.1 Å². The predicted molar refractivity (Wildman–Crippen MR) is 69.7 cm³/mol. The Labute approximate surface area is 102 Å². The van der Waals surface area contributed by atoms with Gasteiger partial charge in [0.15, 0.2) is 0 Å². The monoisotopic (exact) mass is 236 g/mol. The Hall–Kier alpha value is -0.670. The van der Waals surface area contributed by atoms with Crippen molar-refractivity contribution < 1.29 is 0 Å². The van der Waals surface area contributed by atoms with Gasteiger partial charge < -0.3 is 5.32 Å². The second-order valence-corrected chi connectivity index (χ2v) is 5.28. The SMILES string of the molecule is CNC(C1=CCCCCCC1)c1cncs1. The smallest absolute Gasteiger partial charge is 0.0794 e. The van der Waals surface area contributed by atoms with Crippen LogP contribution in [0, 0.1) is 0 Å². The van der Waals surface area contributed by atoms with Crippen LogP contribution in [-0.4, -0.2) is 12.0 Å². The van der Waals surface area contributed by atoms with Crippen LogP contribution in [0.1, 0.15) is 49.4 Å². The van der Waals surface area contributed by atoms with Gasteiger partial charge >= 0.3 is 0 Å². The number of nitrogens with one attached hydrogen (secondary N) is 1. The van der Waals surface area contributed by atoms with Crippen LogP contribution in [0.4, 0.5) is 0 Å². The molecule has 0 spiro atoms. The molecular formula is C13H20N2S. The van der Waals surface area contributed by atoms with Crippen molar-refractivity contribution in [2.45, 2.75) is 44.6 Å². The number of allylic oxidation sites excluding steroid dienone is 1. The number of hydrogen-bond donors (Lipinski definition) is 1. The number of hydrogen-bond acceptors (Lipinski definition) is 3. The first-order valence-electron chi connectivity index (χ1n) is 6.16. The van der Waals surface area contributed by atoms with Crippen molar-refractivity contribution in [2.75, 3.05) is 7.05 Å². The van der Waals surface area contributed by atoms with Crippen LogP contribution in [0.5, 0.6) is 0 Å². The molecule has 1 N–H and O–H groups in total. The Bertz CT molecular complexity index is 330. The molecule has 0 aromatic carbocycles. The summed E-state index contributed by atoms with van der Waals surface area (Å²) >= 11 is 1.75. The molecule has 1 atom stereocenters. The lowest BCUT2D eigenvalue weighted by Crippen LogP contribution is -2.18. The topological polar surface area (TPSA) is 24.9 Å². The van der Waals surface area contributed by atoms with Gasteiger partial charge in [-0.1, -0.05) is 24.5 Å². The maximum atomic E-state index is 4.18. The molecule has 16 heavy (non-hydrogen) atoms. The first kappa shape index (κ1) is 11.8. The van der Waals surface area contributed by atoms with Crippen LogP contribution in [-0.2, 0) is 0 Å². The van der Waals surface area contributed by atoms with Crippen LogP contribution in [0.2, 0.25) is 0 Å². The van der Waals surface area contributed by atoms with Crippen LogP contribution in [0.15, 0.2) is 23.4 Å². The molecule has 2 rings (SSSR count). The number of nitrogens with zero attached hydrogens (tertiary/aromatic N) is 1. The highest BCUT2D eigenvalue weighted by Gasteiger charge is 2.16. The molecule has 1 aromatic rings. The number of thiazole rings is 1. The van der Waals surface area contributed by atoms with Crippen LogP contribution in [0.3, 0.4) is 0 Å². The molecule has 0 fully saturated rings. The second kappa shape index (κ2) is 6.16. The van der Waals surface area contributed by atoms with E-state index in [4.69, 9.17) is 0 Å². The molecule has 1 aliphatic carbocycles. The Morgan fingerprint density at radius 3 is 2.94 bits per heavy atom. The highest BCUT2D eigenvalue weighted by molar-refractivity contribution is 7.09. The number of rotatable bonds is 3. The number of aromatic nitrogens is 1. The van der Waals surface area contributed by atoms with Crippen LogP contribution < -0.4 is 5.32 Å². The fraction of sp³-hybridized carbons (Fsp3) is 0.615. The van der Waals surface area contributed by atoms with Crippen molar-refractivity contribution in [2.24, 2.45) is 0 Å². The van der Waals surface area contributed by atoms with Gasteiger partial charge in [-0.15, -0.1) is 11.3 Å². The maximum absolute atomic E-state index is 4.18. The van der Waals surface area contributed by atoms with Crippen LogP contribution >= 0.6 is 11.3 Å². The summed E-state index contributed by atoms with van der Waals surface area (Å²) in [6.45, 7) is 0. The average molecular weight is 236 g/mol. The van der Waals surface area contributed by atoms with Gasteiger partial charge in [0.1, 0.15) is 0 Å². The van der Waals surface area contributed by atoms with E-state index in [0.717, 1.165) is 0 Å². The van der Waals surface area contributed by atoms with E-state index in [2.05, 4.69) is 16.4 Å². The summed E-state index contributed by atoms with van der Waals surface area (Å²) in [6, 6.07) is 0.394. The molecule has 1 heterocycles. The van der Waals surface area contributed by atoms with Gasteiger partial charge in [-0.25, -0.2) is 0 Å².